The van der Waals surface area contributed by atoms with Crippen molar-refractivity contribution in [3.63, 3.8) is 0 Å². The molecule has 154 valence electrons. The Morgan fingerprint density at radius 1 is 1.17 bits per heavy atom. The molecule has 0 fully saturated rings. The van der Waals surface area contributed by atoms with Crippen LogP contribution in [0.4, 0.5) is 0 Å². The van der Waals surface area contributed by atoms with E-state index in [1.54, 1.807) is 11.3 Å². The summed E-state index contributed by atoms with van der Waals surface area (Å²) in [6, 6.07) is 10.0. The van der Waals surface area contributed by atoms with Crippen LogP contribution in [0, 0.1) is 13.8 Å². The van der Waals surface area contributed by atoms with Crippen molar-refractivity contribution < 1.29 is 13.2 Å². The quantitative estimate of drug-likeness (QED) is 0.622. The highest BCUT2D eigenvalue weighted by atomic mass is 32.2. The summed E-state index contributed by atoms with van der Waals surface area (Å²) in [5.74, 6) is -0.251. The van der Waals surface area contributed by atoms with Gasteiger partial charge in [0.15, 0.2) is 0 Å². The fourth-order valence-electron chi connectivity index (χ4n) is 3.06. The Balaban J connectivity index is 1.63. The van der Waals surface area contributed by atoms with Gasteiger partial charge in [-0.1, -0.05) is 6.07 Å². The minimum Gasteiger partial charge on any atom is -0.350 e. The molecule has 3 rings (SSSR count). The molecule has 9 heteroatoms. The highest BCUT2D eigenvalue weighted by molar-refractivity contribution is 7.89. The van der Waals surface area contributed by atoms with Crippen molar-refractivity contribution in [1.82, 2.24) is 19.4 Å². The van der Waals surface area contributed by atoms with E-state index in [-0.39, 0.29) is 10.8 Å². The Hall–Kier alpha value is -2.49. The normalized spacial score (nSPS) is 11.8. The van der Waals surface area contributed by atoms with Crippen LogP contribution in [0.1, 0.15) is 21.7 Å². The van der Waals surface area contributed by atoms with Crippen molar-refractivity contribution in [3.05, 3.63) is 58.7 Å². The number of rotatable bonds is 7. The number of thiophene rings is 1. The molecule has 0 spiro atoms. The highest BCUT2D eigenvalue weighted by Gasteiger charge is 2.18. The molecule has 2 aromatic heterocycles. The largest absolute Gasteiger partial charge is 0.350 e. The van der Waals surface area contributed by atoms with Gasteiger partial charge in [-0.05, 0) is 49.6 Å². The molecule has 0 saturated heterocycles. The molecule has 29 heavy (non-hydrogen) atoms. The lowest BCUT2D eigenvalue weighted by atomic mass is 10.1. The Kier molecular flexibility index (Phi) is 6.21. The first-order chi connectivity index (χ1) is 13.7. The molecule has 0 aliphatic rings. The molecular weight excluding hydrogens is 408 g/mol. The number of carbonyl (C=O) groups excluding carboxylic acids is 1. The Morgan fingerprint density at radius 2 is 1.86 bits per heavy atom. The van der Waals surface area contributed by atoms with E-state index >= 15 is 0 Å². The first kappa shape index (κ1) is 21.2. The molecule has 0 radical (unpaired) electrons. The second kappa shape index (κ2) is 8.48. The van der Waals surface area contributed by atoms with E-state index in [0.717, 1.165) is 21.3 Å². The minimum atomic E-state index is -3.51. The molecule has 0 aliphatic carbocycles. The molecule has 0 saturated carbocycles. The van der Waals surface area contributed by atoms with Crippen LogP contribution in [-0.4, -0.2) is 49.1 Å². The summed E-state index contributed by atoms with van der Waals surface area (Å²) in [6.45, 7) is 4.99. The molecule has 7 nitrogen and oxygen atoms in total. The van der Waals surface area contributed by atoms with Gasteiger partial charge >= 0.3 is 0 Å². The van der Waals surface area contributed by atoms with Crippen LogP contribution in [0.25, 0.3) is 10.4 Å². The predicted molar refractivity (Wildman–Crippen MR) is 115 cm³/mol. The fourth-order valence-corrected chi connectivity index (χ4v) is 4.83. The molecule has 0 atom stereocenters. The topological polar surface area (TPSA) is 84.3 Å². The number of hydrogen-bond donors (Lipinski definition) is 1. The molecule has 2 heterocycles. The van der Waals surface area contributed by atoms with E-state index in [1.807, 2.05) is 30.0 Å². The van der Waals surface area contributed by atoms with Crippen LogP contribution in [0.2, 0.25) is 0 Å². The number of benzene rings is 1. The van der Waals surface area contributed by atoms with Crippen molar-refractivity contribution >= 4 is 27.3 Å². The lowest BCUT2D eigenvalue weighted by molar-refractivity contribution is 0.0951. The predicted octanol–water partition coefficient (Wildman–Crippen LogP) is 2.91. The van der Waals surface area contributed by atoms with E-state index in [2.05, 4.69) is 16.5 Å². The van der Waals surface area contributed by atoms with Gasteiger partial charge < -0.3 is 5.32 Å². The molecular formula is C20H24N4O3S2. The van der Waals surface area contributed by atoms with Crippen LogP contribution in [0.3, 0.4) is 0 Å². The number of amides is 1. The molecule has 0 unspecified atom stereocenters. The zero-order valence-electron chi connectivity index (χ0n) is 16.8. The average molecular weight is 433 g/mol. The summed E-state index contributed by atoms with van der Waals surface area (Å²) < 4.78 is 27.3. The summed E-state index contributed by atoms with van der Waals surface area (Å²) >= 11 is 1.68. The maximum absolute atomic E-state index is 12.4. The number of hydrogen-bond acceptors (Lipinski definition) is 5. The minimum absolute atomic E-state index is 0.155. The number of nitrogens with zero attached hydrogens (tertiary/aromatic N) is 3. The van der Waals surface area contributed by atoms with Crippen LogP contribution in [-0.2, 0) is 16.6 Å². The van der Waals surface area contributed by atoms with Crippen molar-refractivity contribution in [2.24, 2.45) is 0 Å². The smallest absolute Gasteiger partial charge is 0.251 e. The number of nitrogens with one attached hydrogen (secondary N) is 1. The zero-order valence-corrected chi connectivity index (χ0v) is 18.5. The molecule has 3 aromatic rings. The van der Waals surface area contributed by atoms with E-state index in [9.17, 15) is 13.2 Å². The maximum Gasteiger partial charge on any atom is 0.251 e. The first-order valence-corrected chi connectivity index (χ1v) is 11.4. The summed E-state index contributed by atoms with van der Waals surface area (Å²) in [6.07, 6.45) is 0. The van der Waals surface area contributed by atoms with Gasteiger partial charge in [0.1, 0.15) is 0 Å². The number of aromatic nitrogens is 2. The average Bonchev–Trinajstić information content (AvgIpc) is 3.29. The Bertz CT molecular complexity index is 1100. The summed E-state index contributed by atoms with van der Waals surface area (Å²) in [5.41, 5.74) is 3.59. The van der Waals surface area contributed by atoms with Gasteiger partial charge in [0, 0.05) is 42.3 Å². The second-order valence-corrected chi connectivity index (χ2v) is 9.91. The van der Waals surface area contributed by atoms with Gasteiger partial charge in [0.05, 0.1) is 17.1 Å². The van der Waals surface area contributed by atoms with Crippen LogP contribution in [0.15, 0.2) is 46.7 Å². The molecule has 1 N–H and O–H groups in total. The van der Waals surface area contributed by atoms with Gasteiger partial charge in [-0.25, -0.2) is 12.7 Å². The van der Waals surface area contributed by atoms with Gasteiger partial charge in [0.2, 0.25) is 10.0 Å². The summed E-state index contributed by atoms with van der Waals surface area (Å²) in [4.78, 5) is 13.7. The van der Waals surface area contributed by atoms with Crippen molar-refractivity contribution in [2.75, 3.05) is 20.6 Å². The lowest BCUT2D eigenvalue weighted by Crippen LogP contribution is -2.28. The van der Waals surface area contributed by atoms with Gasteiger partial charge in [-0.2, -0.15) is 5.10 Å². The van der Waals surface area contributed by atoms with Crippen molar-refractivity contribution in [1.29, 1.82) is 0 Å². The fraction of sp³-hybridized carbons (Fsp3) is 0.300. The van der Waals surface area contributed by atoms with Gasteiger partial charge in [-0.3, -0.25) is 9.48 Å². The third-order valence-corrected chi connectivity index (χ3v) is 7.37. The van der Waals surface area contributed by atoms with Gasteiger partial charge in [-0.15, -0.1) is 11.3 Å². The molecule has 1 amide bonds. The van der Waals surface area contributed by atoms with E-state index in [0.29, 0.717) is 18.7 Å². The molecule has 0 bridgehead atoms. The van der Waals surface area contributed by atoms with E-state index in [1.165, 1.54) is 43.2 Å². The Labute approximate surface area is 175 Å². The SMILES string of the molecule is Cc1nn(CCNC(=O)c2ccc(S(=O)(=O)N(C)C)cc2)c(C)c1-c1cccs1. The van der Waals surface area contributed by atoms with Crippen molar-refractivity contribution in [2.45, 2.75) is 25.3 Å². The second-order valence-electron chi connectivity index (χ2n) is 6.81. The molecule has 1 aromatic carbocycles. The van der Waals surface area contributed by atoms with Crippen molar-refractivity contribution in [3.8, 4) is 10.4 Å². The number of aryl methyl sites for hydroxylation is 1. The maximum atomic E-state index is 12.4. The number of sulfonamides is 1. The van der Waals surface area contributed by atoms with Crippen LogP contribution < -0.4 is 5.32 Å². The third-order valence-electron chi connectivity index (χ3n) is 4.65. The first-order valence-electron chi connectivity index (χ1n) is 9.10. The van der Waals surface area contributed by atoms with E-state index < -0.39 is 10.0 Å². The zero-order chi connectivity index (χ0) is 21.2. The third kappa shape index (κ3) is 4.42. The number of carbonyl (C=O) groups is 1. The molecule has 0 aliphatic heterocycles. The van der Waals surface area contributed by atoms with Crippen LogP contribution in [0.5, 0.6) is 0 Å². The van der Waals surface area contributed by atoms with E-state index in [4.69, 9.17) is 0 Å². The Morgan fingerprint density at radius 3 is 2.45 bits per heavy atom. The summed E-state index contributed by atoms with van der Waals surface area (Å²) in [7, 11) is -0.565. The standard InChI is InChI=1S/C20H24N4O3S2/c1-14-19(18-6-5-13-28-18)15(2)24(22-14)12-11-21-20(25)16-7-9-17(10-8-16)29(26,27)23(3)4/h5-10,13H,11-12H2,1-4H3,(H,21,25). The summed E-state index contributed by atoms with van der Waals surface area (Å²) in [5, 5.41) is 9.50. The van der Waals surface area contributed by atoms with Crippen LogP contribution >= 0.6 is 11.3 Å². The highest BCUT2D eigenvalue weighted by Crippen LogP contribution is 2.30. The van der Waals surface area contributed by atoms with Gasteiger partial charge in [0.25, 0.3) is 5.91 Å². The lowest BCUT2D eigenvalue weighted by Gasteiger charge is -2.12. The monoisotopic (exact) mass is 432 g/mol.